The minimum Gasteiger partial charge on any atom is -0.390 e. The van der Waals surface area contributed by atoms with Crippen LogP contribution in [0.25, 0.3) is 22.2 Å². The number of benzene rings is 1. The molecule has 3 aromatic rings. The molecule has 0 amide bonds. The SMILES string of the molecule is Cc1sc(N)c(-c2ccc3c(c2)ncn3C)c1C. The molecular formula is C14H15N3S. The number of hydrogen-bond donors (Lipinski definition) is 1. The van der Waals surface area contributed by atoms with E-state index in [2.05, 4.69) is 37.0 Å². The fourth-order valence-electron chi connectivity index (χ4n) is 2.30. The molecule has 18 heavy (non-hydrogen) atoms. The van der Waals surface area contributed by atoms with Crippen molar-refractivity contribution in [3.05, 3.63) is 35.0 Å². The summed E-state index contributed by atoms with van der Waals surface area (Å²) in [6, 6.07) is 6.33. The summed E-state index contributed by atoms with van der Waals surface area (Å²) in [5.74, 6) is 0. The van der Waals surface area contributed by atoms with Crippen LogP contribution in [0.2, 0.25) is 0 Å². The molecule has 4 heteroatoms. The third kappa shape index (κ3) is 1.53. The second-order valence-corrected chi connectivity index (χ2v) is 5.84. The number of rotatable bonds is 1. The fourth-order valence-corrected chi connectivity index (χ4v) is 3.26. The van der Waals surface area contributed by atoms with Gasteiger partial charge in [0, 0.05) is 17.5 Å². The van der Waals surface area contributed by atoms with Gasteiger partial charge in [0.15, 0.2) is 0 Å². The largest absolute Gasteiger partial charge is 0.390 e. The third-order valence-corrected chi connectivity index (χ3v) is 4.46. The molecular weight excluding hydrogens is 242 g/mol. The van der Waals surface area contributed by atoms with E-state index in [4.69, 9.17) is 5.73 Å². The van der Waals surface area contributed by atoms with Gasteiger partial charge in [0.1, 0.15) is 0 Å². The monoisotopic (exact) mass is 257 g/mol. The molecule has 0 saturated carbocycles. The minimum absolute atomic E-state index is 0.889. The molecule has 92 valence electrons. The Bertz CT molecular complexity index is 737. The minimum atomic E-state index is 0.889. The molecule has 0 fully saturated rings. The zero-order valence-electron chi connectivity index (χ0n) is 10.7. The molecule has 3 rings (SSSR count). The molecule has 0 spiro atoms. The Labute approximate surface area is 110 Å². The first-order valence-corrected chi connectivity index (χ1v) is 6.66. The fraction of sp³-hybridized carbons (Fsp3) is 0.214. The maximum atomic E-state index is 6.12. The van der Waals surface area contributed by atoms with Crippen molar-refractivity contribution in [1.29, 1.82) is 0 Å². The lowest BCUT2D eigenvalue weighted by molar-refractivity contribution is 0.948. The van der Waals surface area contributed by atoms with Crippen molar-refractivity contribution >= 4 is 27.4 Å². The Morgan fingerprint density at radius 1 is 1.28 bits per heavy atom. The van der Waals surface area contributed by atoms with Crippen LogP contribution >= 0.6 is 11.3 Å². The van der Waals surface area contributed by atoms with E-state index in [0.29, 0.717) is 0 Å². The van der Waals surface area contributed by atoms with Gasteiger partial charge in [-0.1, -0.05) is 6.07 Å². The highest BCUT2D eigenvalue weighted by Gasteiger charge is 2.13. The quantitative estimate of drug-likeness (QED) is 0.725. The van der Waals surface area contributed by atoms with Crippen molar-refractivity contribution < 1.29 is 0 Å². The zero-order valence-corrected chi connectivity index (χ0v) is 11.5. The Morgan fingerprint density at radius 3 is 2.72 bits per heavy atom. The average Bonchev–Trinajstić information content (AvgIpc) is 2.81. The highest BCUT2D eigenvalue weighted by Crippen LogP contribution is 2.38. The second kappa shape index (κ2) is 3.85. The molecule has 2 N–H and O–H groups in total. The summed E-state index contributed by atoms with van der Waals surface area (Å²) < 4.78 is 2.02. The number of nitrogens with zero attached hydrogens (tertiary/aromatic N) is 2. The van der Waals surface area contributed by atoms with Crippen LogP contribution in [0.1, 0.15) is 10.4 Å². The first kappa shape index (κ1) is 11.3. The number of aromatic nitrogens is 2. The van der Waals surface area contributed by atoms with Gasteiger partial charge in [-0.2, -0.15) is 0 Å². The molecule has 0 aliphatic rings. The third-order valence-electron chi connectivity index (χ3n) is 3.43. The normalized spacial score (nSPS) is 11.3. The van der Waals surface area contributed by atoms with Crippen LogP contribution in [-0.2, 0) is 7.05 Å². The van der Waals surface area contributed by atoms with Gasteiger partial charge in [0.2, 0.25) is 0 Å². The van der Waals surface area contributed by atoms with Gasteiger partial charge in [-0.3, -0.25) is 0 Å². The van der Waals surface area contributed by atoms with Gasteiger partial charge in [0.05, 0.1) is 22.4 Å². The number of imidazole rings is 1. The molecule has 0 unspecified atom stereocenters. The molecule has 3 nitrogen and oxygen atoms in total. The number of fused-ring (bicyclic) bond motifs is 1. The van der Waals surface area contributed by atoms with E-state index in [-0.39, 0.29) is 0 Å². The van der Waals surface area contributed by atoms with Gasteiger partial charge in [-0.25, -0.2) is 4.98 Å². The lowest BCUT2D eigenvalue weighted by atomic mass is 10.0. The number of anilines is 1. The van der Waals surface area contributed by atoms with Crippen LogP contribution in [0.3, 0.4) is 0 Å². The van der Waals surface area contributed by atoms with Crippen molar-refractivity contribution in [3.8, 4) is 11.1 Å². The van der Waals surface area contributed by atoms with E-state index in [9.17, 15) is 0 Å². The molecule has 1 aromatic carbocycles. The summed E-state index contributed by atoms with van der Waals surface area (Å²) >= 11 is 1.65. The summed E-state index contributed by atoms with van der Waals surface area (Å²) in [6.07, 6.45) is 1.84. The number of hydrogen-bond acceptors (Lipinski definition) is 3. The van der Waals surface area contributed by atoms with Crippen LogP contribution in [0.15, 0.2) is 24.5 Å². The average molecular weight is 257 g/mol. The number of nitrogens with two attached hydrogens (primary N) is 1. The van der Waals surface area contributed by atoms with Crippen molar-refractivity contribution in [2.45, 2.75) is 13.8 Å². The Morgan fingerprint density at radius 2 is 2.06 bits per heavy atom. The van der Waals surface area contributed by atoms with Gasteiger partial charge in [-0.05, 0) is 37.1 Å². The molecule has 2 heterocycles. The van der Waals surface area contributed by atoms with E-state index in [1.807, 2.05) is 17.9 Å². The maximum Gasteiger partial charge on any atom is 0.0955 e. The molecule has 2 aromatic heterocycles. The summed E-state index contributed by atoms with van der Waals surface area (Å²) in [4.78, 5) is 5.68. The van der Waals surface area contributed by atoms with Crippen LogP contribution in [0, 0.1) is 13.8 Å². The lowest BCUT2D eigenvalue weighted by Gasteiger charge is -2.03. The topological polar surface area (TPSA) is 43.8 Å². The van der Waals surface area contributed by atoms with Crippen LogP contribution in [0.5, 0.6) is 0 Å². The second-order valence-electron chi connectivity index (χ2n) is 4.58. The first-order chi connectivity index (χ1) is 8.58. The molecule has 0 bridgehead atoms. The van der Waals surface area contributed by atoms with E-state index in [1.165, 1.54) is 10.4 Å². The van der Waals surface area contributed by atoms with E-state index >= 15 is 0 Å². The van der Waals surface area contributed by atoms with Crippen molar-refractivity contribution in [2.24, 2.45) is 7.05 Å². The number of nitrogen functional groups attached to an aromatic ring is 1. The molecule has 0 aliphatic heterocycles. The van der Waals surface area contributed by atoms with Crippen molar-refractivity contribution in [2.75, 3.05) is 5.73 Å². The summed E-state index contributed by atoms with van der Waals surface area (Å²) in [7, 11) is 2.00. The zero-order chi connectivity index (χ0) is 12.9. The van der Waals surface area contributed by atoms with Gasteiger partial charge < -0.3 is 10.3 Å². The molecule has 0 atom stereocenters. The summed E-state index contributed by atoms with van der Waals surface area (Å²) in [5, 5.41) is 0.889. The highest BCUT2D eigenvalue weighted by molar-refractivity contribution is 7.16. The summed E-state index contributed by atoms with van der Waals surface area (Å²) in [6.45, 7) is 4.24. The smallest absolute Gasteiger partial charge is 0.0955 e. The van der Waals surface area contributed by atoms with Crippen LogP contribution < -0.4 is 5.73 Å². The standard InChI is InChI=1S/C14H15N3S/c1-8-9(2)18-14(15)13(8)10-4-5-12-11(6-10)16-7-17(12)3/h4-7H,15H2,1-3H3. The predicted octanol–water partition coefficient (Wildman–Crippen LogP) is 3.50. The van der Waals surface area contributed by atoms with Gasteiger partial charge >= 0.3 is 0 Å². The van der Waals surface area contributed by atoms with Gasteiger partial charge in [0.25, 0.3) is 0 Å². The van der Waals surface area contributed by atoms with Crippen molar-refractivity contribution in [1.82, 2.24) is 9.55 Å². The number of thiophene rings is 1. The molecule has 0 aliphatic carbocycles. The maximum absolute atomic E-state index is 6.12. The Kier molecular flexibility index (Phi) is 2.41. The lowest BCUT2D eigenvalue weighted by Crippen LogP contribution is -1.87. The van der Waals surface area contributed by atoms with E-state index in [0.717, 1.165) is 27.2 Å². The first-order valence-electron chi connectivity index (χ1n) is 5.85. The summed E-state index contributed by atoms with van der Waals surface area (Å²) in [5.41, 5.74) is 11.9. The van der Waals surface area contributed by atoms with Gasteiger partial charge in [-0.15, -0.1) is 11.3 Å². The molecule has 0 radical (unpaired) electrons. The van der Waals surface area contributed by atoms with E-state index < -0.39 is 0 Å². The Balaban J connectivity index is 2.25. The van der Waals surface area contributed by atoms with Crippen LogP contribution in [-0.4, -0.2) is 9.55 Å². The Hall–Kier alpha value is -1.81. The number of aryl methyl sites for hydroxylation is 2. The van der Waals surface area contributed by atoms with Crippen molar-refractivity contribution in [3.63, 3.8) is 0 Å². The van der Waals surface area contributed by atoms with Crippen LogP contribution in [0.4, 0.5) is 5.00 Å². The predicted molar refractivity (Wildman–Crippen MR) is 77.9 cm³/mol. The van der Waals surface area contributed by atoms with E-state index in [1.54, 1.807) is 11.3 Å². The highest BCUT2D eigenvalue weighted by atomic mass is 32.1. The molecule has 0 saturated heterocycles.